The first-order chi connectivity index (χ1) is 11.5. The number of hydrogen-bond donors (Lipinski definition) is 1. The second-order valence-electron chi connectivity index (χ2n) is 6.05. The third kappa shape index (κ3) is 3.02. The predicted molar refractivity (Wildman–Crippen MR) is 93.2 cm³/mol. The molecular formula is C19H18ClNO3. The first-order valence-electron chi connectivity index (χ1n) is 7.85. The lowest BCUT2D eigenvalue weighted by molar-refractivity contribution is -0.144. The molecule has 3 rings (SSSR count). The van der Waals surface area contributed by atoms with E-state index in [9.17, 15) is 14.7 Å². The molecule has 0 radical (unpaired) electrons. The molecule has 2 atom stereocenters. The van der Waals surface area contributed by atoms with Crippen LogP contribution in [0.15, 0.2) is 48.5 Å². The van der Waals surface area contributed by atoms with Gasteiger partial charge in [-0.15, -0.1) is 0 Å². The highest BCUT2D eigenvalue weighted by molar-refractivity contribution is 6.31. The number of anilines is 1. The Balaban J connectivity index is 2.14. The fraction of sp³-hybridized carbons (Fsp3) is 0.263. The number of amides is 1. The highest BCUT2D eigenvalue weighted by Crippen LogP contribution is 2.42. The first-order valence-corrected chi connectivity index (χ1v) is 8.23. The highest BCUT2D eigenvalue weighted by atomic mass is 35.5. The molecule has 2 aromatic carbocycles. The summed E-state index contributed by atoms with van der Waals surface area (Å²) in [7, 11) is 0. The van der Waals surface area contributed by atoms with Crippen LogP contribution in [0.4, 0.5) is 5.69 Å². The average molecular weight is 344 g/mol. The summed E-state index contributed by atoms with van der Waals surface area (Å²) in [6.45, 7) is 1.97. The van der Waals surface area contributed by atoms with Gasteiger partial charge in [0.2, 0.25) is 5.91 Å². The molecular weight excluding hydrogens is 326 g/mol. The second kappa shape index (κ2) is 6.65. The van der Waals surface area contributed by atoms with Gasteiger partial charge in [0, 0.05) is 17.1 Å². The smallest absolute Gasteiger partial charge is 0.308 e. The SMILES string of the molecule is Cc1ccc(N2C(=O)CC[C@H](C(=O)O)[C@H]2c2ccccc2Cl)cc1. The van der Waals surface area contributed by atoms with E-state index in [1.54, 1.807) is 23.1 Å². The fourth-order valence-electron chi connectivity index (χ4n) is 3.23. The van der Waals surface area contributed by atoms with Crippen molar-refractivity contribution in [2.45, 2.75) is 25.8 Å². The number of rotatable bonds is 3. The molecule has 4 nitrogen and oxygen atoms in total. The van der Waals surface area contributed by atoms with Gasteiger partial charge in [-0.3, -0.25) is 9.59 Å². The van der Waals surface area contributed by atoms with Gasteiger partial charge in [0.05, 0.1) is 12.0 Å². The maximum absolute atomic E-state index is 12.6. The van der Waals surface area contributed by atoms with Crippen molar-refractivity contribution in [2.24, 2.45) is 5.92 Å². The number of carbonyl (C=O) groups is 2. The molecule has 24 heavy (non-hydrogen) atoms. The average Bonchev–Trinajstić information content (AvgIpc) is 2.56. The summed E-state index contributed by atoms with van der Waals surface area (Å²) in [5.74, 6) is -1.69. The van der Waals surface area contributed by atoms with Crippen LogP contribution in [-0.4, -0.2) is 17.0 Å². The Kier molecular flexibility index (Phi) is 4.58. The van der Waals surface area contributed by atoms with Crippen molar-refractivity contribution in [3.63, 3.8) is 0 Å². The fourth-order valence-corrected chi connectivity index (χ4v) is 3.48. The van der Waals surface area contributed by atoms with Crippen LogP contribution in [0, 0.1) is 12.8 Å². The maximum atomic E-state index is 12.6. The normalized spacial score (nSPS) is 20.9. The van der Waals surface area contributed by atoms with Crippen molar-refractivity contribution in [3.8, 4) is 0 Å². The number of halogens is 1. The van der Waals surface area contributed by atoms with Crippen molar-refractivity contribution in [3.05, 3.63) is 64.7 Å². The predicted octanol–water partition coefficient (Wildman–Crippen LogP) is 4.22. The molecule has 0 spiro atoms. The number of piperidine rings is 1. The number of benzene rings is 2. The molecule has 0 aromatic heterocycles. The summed E-state index contributed by atoms with van der Waals surface area (Å²) < 4.78 is 0. The Morgan fingerprint density at radius 3 is 2.46 bits per heavy atom. The molecule has 1 N–H and O–H groups in total. The lowest BCUT2D eigenvalue weighted by Crippen LogP contribution is -2.45. The van der Waals surface area contributed by atoms with Crippen LogP contribution in [0.2, 0.25) is 5.02 Å². The molecule has 0 unspecified atom stereocenters. The van der Waals surface area contributed by atoms with E-state index in [0.29, 0.717) is 22.7 Å². The molecule has 2 aromatic rings. The largest absolute Gasteiger partial charge is 0.481 e. The number of carboxylic acid groups (broad SMARTS) is 1. The van der Waals surface area contributed by atoms with Crippen molar-refractivity contribution in [1.29, 1.82) is 0 Å². The Bertz CT molecular complexity index is 772. The van der Waals surface area contributed by atoms with Crippen LogP contribution >= 0.6 is 11.6 Å². The zero-order valence-corrected chi connectivity index (χ0v) is 14.0. The number of nitrogens with zero attached hydrogens (tertiary/aromatic N) is 1. The molecule has 1 amide bonds. The zero-order chi connectivity index (χ0) is 17.3. The Morgan fingerprint density at radius 2 is 1.83 bits per heavy atom. The Hall–Kier alpha value is -2.33. The van der Waals surface area contributed by atoms with E-state index in [4.69, 9.17) is 11.6 Å². The van der Waals surface area contributed by atoms with E-state index in [1.165, 1.54) is 0 Å². The van der Waals surface area contributed by atoms with E-state index in [1.807, 2.05) is 37.3 Å². The molecule has 0 aliphatic carbocycles. The number of aryl methyl sites for hydroxylation is 1. The molecule has 1 heterocycles. The van der Waals surface area contributed by atoms with Crippen molar-refractivity contribution in [1.82, 2.24) is 0 Å². The minimum atomic E-state index is -0.912. The van der Waals surface area contributed by atoms with E-state index in [-0.39, 0.29) is 12.3 Å². The molecule has 1 fully saturated rings. The van der Waals surface area contributed by atoms with E-state index in [2.05, 4.69) is 0 Å². The van der Waals surface area contributed by atoms with Crippen molar-refractivity contribution < 1.29 is 14.7 Å². The lowest BCUT2D eigenvalue weighted by atomic mass is 9.84. The quantitative estimate of drug-likeness (QED) is 0.907. The number of hydrogen-bond acceptors (Lipinski definition) is 2. The van der Waals surface area contributed by atoms with Gasteiger partial charge in [-0.05, 0) is 37.1 Å². The number of carbonyl (C=O) groups excluding carboxylic acids is 1. The van der Waals surface area contributed by atoms with Crippen LogP contribution < -0.4 is 4.90 Å². The number of aliphatic carboxylic acids is 1. The molecule has 124 valence electrons. The second-order valence-corrected chi connectivity index (χ2v) is 6.46. The van der Waals surface area contributed by atoms with Gasteiger partial charge < -0.3 is 10.0 Å². The van der Waals surface area contributed by atoms with Gasteiger partial charge in [-0.2, -0.15) is 0 Å². The third-order valence-corrected chi connectivity index (χ3v) is 4.79. The van der Waals surface area contributed by atoms with Crippen LogP contribution in [0.1, 0.15) is 30.0 Å². The summed E-state index contributed by atoms with van der Waals surface area (Å²) in [4.78, 5) is 26.0. The third-order valence-electron chi connectivity index (χ3n) is 4.45. The van der Waals surface area contributed by atoms with Crippen LogP contribution in [0.5, 0.6) is 0 Å². The van der Waals surface area contributed by atoms with Crippen LogP contribution in [-0.2, 0) is 9.59 Å². The number of carboxylic acids is 1. The van der Waals surface area contributed by atoms with Gasteiger partial charge in [-0.25, -0.2) is 0 Å². The van der Waals surface area contributed by atoms with Crippen LogP contribution in [0.25, 0.3) is 0 Å². The Labute approximate surface area is 145 Å². The first kappa shape index (κ1) is 16.5. The minimum Gasteiger partial charge on any atom is -0.481 e. The Morgan fingerprint density at radius 1 is 1.17 bits per heavy atom. The molecule has 1 aliphatic heterocycles. The van der Waals surface area contributed by atoms with E-state index < -0.39 is 17.9 Å². The van der Waals surface area contributed by atoms with E-state index in [0.717, 1.165) is 5.56 Å². The van der Waals surface area contributed by atoms with Gasteiger partial charge in [0.1, 0.15) is 0 Å². The standard InChI is InChI=1S/C19H18ClNO3/c1-12-6-8-13(9-7-12)21-17(22)11-10-15(19(23)24)18(21)14-4-2-3-5-16(14)20/h2-9,15,18H,10-11H2,1H3,(H,23,24)/t15-,18+/m0/s1. The van der Waals surface area contributed by atoms with Crippen LogP contribution in [0.3, 0.4) is 0 Å². The molecule has 1 saturated heterocycles. The molecule has 0 bridgehead atoms. The summed E-state index contributed by atoms with van der Waals surface area (Å²) in [6.07, 6.45) is 0.526. The maximum Gasteiger partial charge on any atom is 0.308 e. The van der Waals surface area contributed by atoms with Crippen molar-refractivity contribution >= 4 is 29.2 Å². The minimum absolute atomic E-state index is 0.0822. The van der Waals surface area contributed by atoms with Gasteiger partial charge in [0.25, 0.3) is 0 Å². The molecule has 5 heteroatoms. The highest BCUT2D eigenvalue weighted by Gasteiger charge is 2.42. The summed E-state index contributed by atoms with van der Waals surface area (Å²) in [6, 6.07) is 14.0. The molecule has 0 saturated carbocycles. The summed E-state index contributed by atoms with van der Waals surface area (Å²) in [5, 5.41) is 10.1. The monoisotopic (exact) mass is 343 g/mol. The zero-order valence-electron chi connectivity index (χ0n) is 13.3. The summed E-state index contributed by atoms with van der Waals surface area (Å²) in [5.41, 5.74) is 2.44. The lowest BCUT2D eigenvalue weighted by Gasteiger charge is -2.40. The van der Waals surface area contributed by atoms with Crippen molar-refractivity contribution in [2.75, 3.05) is 4.90 Å². The van der Waals surface area contributed by atoms with Gasteiger partial charge >= 0.3 is 5.97 Å². The topological polar surface area (TPSA) is 57.6 Å². The van der Waals surface area contributed by atoms with Gasteiger partial charge in [0.15, 0.2) is 0 Å². The summed E-state index contributed by atoms with van der Waals surface area (Å²) >= 11 is 6.32. The molecule has 1 aliphatic rings. The van der Waals surface area contributed by atoms with E-state index >= 15 is 0 Å². The van der Waals surface area contributed by atoms with Gasteiger partial charge in [-0.1, -0.05) is 47.5 Å².